The van der Waals surface area contributed by atoms with Crippen molar-refractivity contribution in [3.63, 3.8) is 0 Å². The molecule has 0 saturated carbocycles. The van der Waals surface area contributed by atoms with Crippen molar-refractivity contribution in [3.05, 3.63) is 46.5 Å². The Morgan fingerprint density at radius 2 is 0.767 bits per heavy atom. The molecule has 0 radical (unpaired) electrons. The van der Waals surface area contributed by atoms with Crippen LogP contribution < -0.4 is 0 Å². The van der Waals surface area contributed by atoms with Crippen molar-refractivity contribution in [1.82, 2.24) is 0 Å². The third kappa shape index (κ3) is 4.84. The number of rotatable bonds is 7. The first-order valence-electron chi connectivity index (χ1n) is 10.6. The first kappa shape index (κ1) is 23.5. The molecule has 0 unspecified atom stereocenters. The van der Waals surface area contributed by atoms with E-state index in [1.54, 1.807) is 12.2 Å². The quantitative estimate of drug-likeness (QED) is 0.349. The van der Waals surface area contributed by atoms with Gasteiger partial charge in [0.05, 0.1) is 11.4 Å². The molecule has 158 valence electrons. The lowest BCUT2D eigenvalue weighted by Crippen LogP contribution is -2.00. The van der Waals surface area contributed by atoms with Crippen LogP contribution in [0.2, 0.25) is 0 Å². The minimum Gasteiger partial charge on any atom is -0.211 e. The molecule has 0 aliphatic heterocycles. The smallest absolute Gasteiger partial charge is 0.211 e. The predicted molar refractivity (Wildman–Crippen MR) is 124 cm³/mol. The Kier molecular flexibility index (Phi) is 7.67. The van der Waals surface area contributed by atoms with E-state index in [0.29, 0.717) is 0 Å². The number of benzene rings is 2. The SMILES string of the molecule is CC(C)c1cc(-c2cc(C(C)C)c(N=C=O)c(C(C)C)c2)cc(C(C)C)c1N=C=O. The average Bonchev–Trinajstić information content (AvgIpc) is 2.67. The van der Waals surface area contributed by atoms with Crippen molar-refractivity contribution in [3.8, 4) is 11.1 Å². The zero-order valence-electron chi connectivity index (χ0n) is 19.3. The molecule has 0 aliphatic carbocycles. The van der Waals surface area contributed by atoms with E-state index in [9.17, 15) is 9.59 Å². The van der Waals surface area contributed by atoms with Gasteiger partial charge in [0.15, 0.2) is 0 Å². The van der Waals surface area contributed by atoms with Gasteiger partial charge in [-0.25, -0.2) is 9.59 Å². The molecule has 0 atom stereocenters. The van der Waals surface area contributed by atoms with Crippen LogP contribution in [0.15, 0.2) is 34.3 Å². The lowest BCUT2D eigenvalue weighted by Gasteiger charge is -2.21. The number of carbonyl (C=O) groups excluding carboxylic acids is 2. The molecule has 0 aliphatic rings. The van der Waals surface area contributed by atoms with E-state index in [4.69, 9.17) is 0 Å². The molecule has 0 spiro atoms. The van der Waals surface area contributed by atoms with Crippen LogP contribution in [0.4, 0.5) is 11.4 Å². The van der Waals surface area contributed by atoms with Gasteiger partial charge in [0.25, 0.3) is 0 Å². The number of hydrogen-bond acceptors (Lipinski definition) is 4. The van der Waals surface area contributed by atoms with Crippen LogP contribution in [0.5, 0.6) is 0 Å². The van der Waals surface area contributed by atoms with E-state index < -0.39 is 0 Å². The largest absolute Gasteiger partial charge is 0.240 e. The Morgan fingerprint density at radius 1 is 0.533 bits per heavy atom. The second kappa shape index (κ2) is 9.80. The summed E-state index contributed by atoms with van der Waals surface area (Å²) in [6.45, 7) is 16.8. The summed E-state index contributed by atoms with van der Waals surface area (Å²) in [5.74, 6) is 0.843. The molecule has 4 nitrogen and oxygen atoms in total. The Balaban J connectivity index is 2.92. The summed E-state index contributed by atoms with van der Waals surface area (Å²) in [5, 5.41) is 0. The van der Waals surface area contributed by atoms with E-state index in [1.807, 2.05) is 0 Å². The van der Waals surface area contributed by atoms with Crippen LogP contribution in [-0.2, 0) is 9.59 Å². The van der Waals surface area contributed by atoms with Crippen LogP contribution >= 0.6 is 0 Å². The molecule has 30 heavy (non-hydrogen) atoms. The van der Waals surface area contributed by atoms with Gasteiger partial charge in [0.2, 0.25) is 12.2 Å². The van der Waals surface area contributed by atoms with Crippen LogP contribution in [0, 0.1) is 0 Å². The molecule has 0 amide bonds. The lowest BCUT2D eigenvalue weighted by molar-refractivity contribution is 0.564. The van der Waals surface area contributed by atoms with Gasteiger partial charge >= 0.3 is 0 Å². The maximum absolute atomic E-state index is 11.1. The van der Waals surface area contributed by atoms with Crippen molar-refractivity contribution in [1.29, 1.82) is 0 Å². The van der Waals surface area contributed by atoms with Crippen molar-refractivity contribution >= 4 is 23.5 Å². The van der Waals surface area contributed by atoms with Gasteiger partial charge in [-0.1, -0.05) is 55.4 Å². The summed E-state index contributed by atoms with van der Waals surface area (Å²) in [6.07, 6.45) is 3.46. The van der Waals surface area contributed by atoms with Gasteiger partial charge in [-0.15, -0.1) is 0 Å². The van der Waals surface area contributed by atoms with Crippen LogP contribution in [0.3, 0.4) is 0 Å². The molecule has 2 aromatic rings. The molecule has 0 fully saturated rings. The topological polar surface area (TPSA) is 58.9 Å². The maximum atomic E-state index is 11.1. The van der Waals surface area contributed by atoms with Crippen molar-refractivity contribution in [2.24, 2.45) is 9.98 Å². The fourth-order valence-electron chi connectivity index (χ4n) is 3.80. The molecule has 0 saturated heterocycles. The number of aliphatic imine (C=N–C) groups is 2. The molecule has 4 heteroatoms. The zero-order chi connectivity index (χ0) is 22.6. The second-order valence-corrected chi connectivity index (χ2v) is 9.03. The highest BCUT2D eigenvalue weighted by Gasteiger charge is 2.20. The molecule has 0 heterocycles. The summed E-state index contributed by atoms with van der Waals surface area (Å²) >= 11 is 0. The standard InChI is InChI=1S/C26H32N2O2/c1-15(2)21-9-19(10-22(16(3)4)25(21)27-13-29)20-11-23(17(5)6)26(28-14-30)24(12-20)18(7)8/h9-12,15-18H,1-8H3. The van der Waals surface area contributed by atoms with Gasteiger partial charge in [0.1, 0.15) is 0 Å². The Labute approximate surface area is 180 Å². The van der Waals surface area contributed by atoms with Crippen LogP contribution in [-0.4, -0.2) is 12.2 Å². The second-order valence-electron chi connectivity index (χ2n) is 9.03. The maximum Gasteiger partial charge on any atom is 0.240 e. The minimum atomic E-state index is 0.211. The van der Waals surface area contributed by atoms with Gasteiger partial charge < -0.3 is 0 Å². The van der Waals surface area contributed by atoms with Crippen LogP contribution in [0.1, 0.15) is 101 Å². The van der Waals surface area contributed by atoms with Gasteiger partial charge in [0, 0.05) is 0 Å². The molecule has 2 aromatic carbocycles. The summed E-state index contributed by atoms with van der Waals surface area (Å²) in [4.78, 5) is 30.3. The number of hydrogen-bond donors (Lipinski definition) is 0. The first-order valence-corrected chi connectivity index (χ1v) is 10.6. The number of nitrogens with zero attached hydrogens (tertiary/aromatic N) is 2. The Morgan fingerprint density at radius 3 is 0.933 bits per heavy atom. The summed E-state index contributed by atoms with van der Waals surface area (Å²) in [6, 6.07) is 8.50. The highest BCUT2D eigenvalue weighted by Crippen LogP contribution is 2.42. The van der Waals surface area contributed by atoms with E-state index in [-0.39, 0.29) is 23.7 Å². The van der Waals surface area contributed by atoms with Crippen molar-refractivity contribution in [2.45, 2.75) is 79.1 Å². The highest BCUT2D eigenvalue weighted by atomic mass is 16.1. The van der Waals surface area contributed by atoms with Gasteiger partial charge in [-0.3, -0.25) is 0 Å². The monoisotopic (exact) mass is 404 g/mol. The summed E-state index contributed by atoms with van der Waals surface area (Å²) < 4.78 is 0. The lowest BCUT2D eigenvalue weighted by atomic mass is 9.85. The molecular formula is C26H32N2O2. The zero-order valence-corrected chi connectivity index (χ0v) is 19.3. The Hall–Kier alpha value is -2.80. The first-order chi connectivity index (χ1) is 14.1. The molecule has 0 N–H and O–H groups in total. The third-order valence-electron chi connectivity index (χ3n) is 5.47. The van der Waals surface area contributed by atoms with Crippen molar-refractivity contribution < 1.29 is 9.59 Å². The predicted octanol–water partition coefficient (Wildman–Crippen LogP) is 7.78. The van der Waals surface area contributed by atoms with Gasteiger partial charge in [-0.2, -0.15) is 9.98 Å². The third-order valence-corrected chi connectivity index (χ3v) is 5.47. The molecule has 0 bridgehead atoms. The number of isocyanates is 2. The molecule has 0 aromatic heterocycles. The summed E-state index contributed by atoms with van der Waals surface area (Å²) in [7, 11) is 0. The Bertz CT molecular complexity index is 878. The molecule has 2 rings (SSSR count). The summed E-state index contributed by atoms with van der Waals surface area (Å²) in [5.41, 5.74) is 7.76. The van der Waals surface area contributed by atoms with E-state index >= 15 is 0 Å². The fraction of sp³-hybridized carbons (Fsp3) is 0.462. The van der Waals surface area contributed by atoms with E-state index in [2.05, 4.69) is 89.6 Å². The van der Waals surface area contributed by atoms with E-state index in [0.717, 1.165) is 44.8 Å². The van der Waals surface area contributed by atoms with Crippen LogP contribution in [0.25, 0.3) is 11.1 Å². The van der Waals surface area contributed by atoms with Gasteiger partial charge in [-0.05, 0) is 81.3 Å². The normalized spacial score (nSPS) is 11.2. The van der Waals surface area contributed by atoms with Crippen molar-refractivity contribution in [2.75, 3.05) is 0 Å². The highest BCUT2D eigenvalue weighted by molar-refractivity contribution is 5.76. The van der Waals surface area contributed by atoms with E-state index in [1.165, 1.54) is 0 Å². The molecular weight excluding hydrogens is 372 g/mol. The fourth-order valence-corrected chi connectivity index (χ4v) is 3.80. The minimum absolute atomic E-state index is 0.211. The average molecular weight is 405 g/mol.